The topological polar surface area (TPSA) is 66.4 Å². The lowest BCUT2D eigenvalue weighted by Crippen LogP contribution is -2.07. The molecule has 0 saturated carbocycles. The standard InChI is InChI=1S/C27H27NO5/c1-20(22-13-9-14-24(16-22)32-17-21-10-5-4-6-11-21)28-33-18-23-12-7-8-15-25(23)26(19-30-2)27(29)31-3/h4-16,19H,17-18H2,1-3H3/b26-19+,28-20+. The van der Waals surface area contributed by atoms with Crippen LogP contribution >= 0.6 is 0 Å². The van der Waals surface area contributed by atoms with Gasteiger partial charge in [0.05, 0.1) is 26.2 Å². The first-order valence-corrected chi connectivity index (χ1v) is 10.5. The largest absolute Gasteiger partial charge is 0.503 e. The molecule has 0 unspecified atom stereocenters. The van der Waals surface area contributed by atoms with E-state index in [9.17, 15) is 4.79 Å². The van der Waals surface area contributed by atoms with Crippen molar-refractivity contribution in [3.63, 3.8) is 0 Å². The summed E-state index contributed by atoms with van der Waals surface area (Å²) < 4.78 is 15.8. The second kappa shape index (κ2) is 12.1. The maximum absolute atomic E-state index is 12.1. The highest BCUT2D eigenvalue weighted by Gasteiger charge is 2.16. The molecule has 0 aromatic heterocycles. The van der Waals surface area contributed by atoms with Crippen molar-refractivity contribution in [3.05, 3.63) is 107 Å². The van der Waals surface area contributed by atoms with Crippen molar-refractivity contribution in [2.75, 3.05) is 14.2 Å². The Balaban J connectivity index is 1.68. The summed E-state index contributed by atoms with van der Waals surface area (Å²) in [6.07, 6.45) is 1.36. The smallest absolute Gasteiger partial charge is 0.341 e. The highest BCUT2D eigenvalue weighted by Crippen LogP contribution is 2.22. The summed E-state index contributed by atoms with van der Waals surface area (Å²) in [5.41, 5.74) is 4.45. The van der Waals surface area contributed by atoms with Gasteiger partial charge in [0.25, 0.3) is 0 Å². The zero-order valence-corrected chi connectivity index (χ0v) is 19.0. The molecule has 0 aliphatic rings. The van der Waals surface area contributed by atoms with E-state index < -0.39 is 5.97 Å². The van der Waals surface area contributed by atoms with Gasteiger partial charge in [-0.25, -0.2) is 4.79 Å². The van der Waals surface area contributed by atoms with Crippen LogP contribution in [0.2, 0.25) is 0 Å². The Kier molecular flexibility index (Phi) is 8.65. The summed E-state index contributed by atoms with van der Waals surface area (Å²) in [4.78, 5) is 17.8. The molecule has 6 heteroatoms. The van der Waals surface area contributed by atoms with Crippen LogP contribution in [0.1, 0.15) is 29.2 Å². The molecule has 3 aromatic rings. The predicted octanol–water partition coefficient (Wildman–Crippen LogP) is 5.37. The van der Waals surface area contributed by atoms with Crippen molar-refractivity contribution in [1.82, 2.24) is 0 Å². The SMILES string of the molecule is CO/C=C(/C(=O)OC)c1ccccc1CO/N=C(\C)c1cccc(OCc2ccccc2)c1. The molecule has 0 bridgehead atoms. The Morgan fingerprint density at radius 2 is 1.67 bits per heavy atom. The first kappa shape index (κ1) is 23.6. The van der Waals surface area contributed by atoms with Crippen LogP contribution in [-0.2, 0) is 32.3 Å². The zero-order chi connectivity index (χ0) is 23.5. The number of carbonyl (C=O) groups is 1. The Morgan fingerprint density at radius 3 is 2.42 bits per heavy atom. The summed E-state index contributed by atoms with van der Waals surface area (Å²) in [5, 5.41) is 4.25. The number of esters is 1. The fourth-order valence-corrected chi connectivity index (χ4v) is 3.16. The van der Waals surface area contributed by atoms with Gasteiger partial charge >= 0.3 is 5.97 Å². The Labute approximate surface area is 194 Å². The maximum Gasteiger partial charge on any atom is 0.341 e. The summed E-state index contributed by atoms with van der Waals surface area (Å²) in [7, 11) is 2.81. The number of methoxy groups -OCH3 is 2. The number of carbonyl (C=O) groups excluding carboxylic acids is 1. The molecule has 0 spiro atoms. The Hall–Kier alpha value is -4.06. The lowest BCUT2D eigenvalue weighted by Gasteiger charge is -2.11. The number of benzene rings is 3. The van der Waals surface area contributed by atoms with Gasteiger partial charge < -0.3 is 19.0 Å². The number of ether oxygens (including phenoxy) is 3. The molecule has 0 atom stereocenters. The predicted molar refractivity (Wildman–Crippen MR) is 128 cm³/mol. The van der Waals surface area contributed by atoms with Crippen molar-refractivity contribution in [3.8, 4) is 5.75 Å². The van der Waals surface area contributed by atoms with Crippen molar-refractivity contribution in [2.45, 2.75) is 20.1 Å². The lowest BCUT2D eigenvalue weighted by molar-refractivity contribution is -0.133. The second-order valence-corrected chi connectivity index (χ2v) is 7.17. The van der Waals surface area contributed by atoms with Crippen LogP contribution in [0.4, 0.5) is 0 Å². The number of oxime groups is 1. The fraction of sp³-hybridized carbons (Fsp3) is 0.185. The van der Waals surface area contributed by atoms with Crippen LogP contribution in [0.25, 0.3) is 5.57 Å². The lowest BCUT2D eigenvalue weighted by atomic mass is 10.0. The van der Waals surface area contributed by atoms with Gasteiger partial charge in [-0.05, 0) is 30.2 Å². The first-order chi connectivity index (χ1) is 16.1. The number of hydrogen-bond acceptors (Lipinski definition) is 6. The van der Waals surface area contributed by atoms with Gasteiger partial charge in [0.2, 0.25) is 0 Å². The molecule has 0 radical (unpaired) electrons. The molecule has 3 rings (SSSR count). The molecule has 6 nitrogen and oxygen atoms in total. The Morgan fingerprint density at radius 1 is 0.909 bits per heavy atom. The van der Waals surface area contributed by atoms with E-state index in [1.165, 1.54) is 20.5 Å². The van der Waals surface area contributed by atoms with E-state index in [1.54, 1.807) is 0 Å². The average molecular weight is 446 g/mol. The molecular weight excluding hydrogens is 418 g/mol. The van der Waals surface area contributed by atoms with E-state index in [1.807, 2.05) is 85.8 Å². The summed E-state index contributed by atoms with van der Waals surface area (Å²) >= 11 is 0. The zero-order valence-electron chi connectivity index (χ0n) is 19.0. The quantitative estimate of drug-likeness (QED) is 0.138. The highest BCUT2D eigenvalue weighted by molar-refractivity contribution is 6.16. The van der Waals surface area contributed by atoms with Crippen LogP contribution in [0.3, 0.4) is 0 Å². The van der Waals surface area contributed by atoms with Gasteiger partial charge in [0.1, 0.15) is 24.5 Å². The normalized spacial score (nSPS) is 11.6. The van der Waals surface area contributed by atoms with Gasteiger partial charge in [0.15, 0.2) is 0 Å². The van der Waals surface area contributed by atoms with Gasteiger partial charge in [0, 0.05) is 11.1 Å². The van der Waals surface area contributed by atoms with Crippen LogP contribution in [-0.4, -0.2) is 25.9 Å². The first-order valence-electron chi connectivity index (χ1n) is 10.5. The van der Waals surface area contributed by atoms with Crippen molar-refractivity contribution >= 4 is 17.3 Å². The second-order valence-electron chi connectivity index (χ2n) is 7.17. The third-order valence-corrected chi connectivity index (χ3v) is 4.87. The average Bonchev–Trinajstić information content (AvgIpc) is 2.87. The summed E-state index contributed by atoms with van der Waals surface area (Å²) in [6, 6.07) is 25.1. The van der Waals surface area contributed by atoms with E-state index in [0.29, 0.717) is 23.5 Å². The minimum atomic E-state index is -0.490. The number of rotatable bonds is 10. The van der Waals surface area contributed by atoms with Crippen molar-refractivity contribution in [1.29, 1.82) is 0 Å². The van der Waals surface area contributed by atoms with Gasteiger partial charge in [-0.1, -0.05) is 71.9 Å². The molecule has 0 saturated heterocycles. The van der Waals surface area contributed by atoms with Gasteiger partial charge in [-0.15, -0.1) is 0 Å². The molecule has 0 N–H and O–H groups in total. The highest BCUT2D eigenvalue weighted by atomic mass is 16.6. The minimum absolute atomic E-state index is 0.176. The van der Waals surface area contributed by atoms with E-state index in [2.05, 4.69) is 5.16 Å². The van der Waals surface area contributed by atoms with E-state index in [-0.39, 0.29) is 6.61 Å². The maximum atomic E-state index is 12.1. The molecular formula is C27H27NO5. The molecule has 0 aliphatic heterocycles. The van der Waals surface area contributed by atoms with E-state index in [4.69, 9.17) is 19.0 Å². The van der Waals surface area contributed by atoms with Crippen LogP contribution in [0.15, 0.2) is 90.3 Å². The third kappa shape index (κ3) is 6.71. The molecule has 0 aliphatic carbocycles. The van der Waals surface area contributed by atoms with Crippen LogP contribution in [0, 0.1) is 0 Å². The van der Waals surface area contributed by atoms with Gasteiger partial charge in [-0.2, -0.15) is 0 Å². The molecule has 0 fully saturated rings. The third-order valence-electron chi connectivity index (χ3n) is 4.87. The minimum Gasteiger partial charge on any atom is -0.503 e. The summed E-state index contributed by atoms with van der Waals surface area (Å²) in [5.74, 6) is 0.264. The number of nitrogens with zero attached hydrogens (tertiary/aromatic N) is 1. The summed E-state index contributed by atoms with van der Waals surface area (Å²) in [6.45, 7) is 2.54. The Bertz CT molecular complexity index is 1120. The molecule has 0 heterocycles. The number of hydrogen-bond donors (Lipinski definition) is 0. The van der Waals surface area contributed by atoms with Gasteiger partial charge in [-0.3, -0.25) is 0 Å². The van der Waals surface area contributed by atoms with E-state index >= 15 is 0 Å². The fourth-order valence-electron chi connectivity index (χ4n) is 3.16. The monoisotopic (exact) mass is 445 g/mol. The van der Waals surface area contributed by atoms with E-state index in [0.717, 1.165) is 22.4 Å². The van der Waals surface area contributed by atoms with Crippen molar-refractivity contribution in [2.24, 2.45) is 5.16 Å². The van der Waals surface area contributed by atoms with Crippen LogP contribution < -0.4 is 4.74 Å². The molecule has 0 amide bonds. The van der Waals surface area contributed by atoms with Crippen LogP contribution in [0.5, 0.6) is 5.75 Å². The molecule has 33 heavy (non-hydrogen) atoms. The molecule has 3 aromatic carbocycles. The van der Waals surface area contributed by atoms with Crippen molar-refractivity contribution < 1.29 is 23.8 Å². The molecule has 170 valence electrons.